The zero-order chi connectivity index (χ0) is 14.7. The molecule has 1 amide bonds. The highest BCUT2D eigenvalue weighted by molar-refractivity contribution is 5.94. The first kappa shape index (κ1) is 14.5. The number of hydrogen-bond acceptors (Lipinski definition) is 3. The summed E-state index contributed by atoms with van der Waals surface area (Å²) in [5.41, 5.74) is 0.651. The third-order valence-electron chi connectivity index (χ3n) is 3.97. The Labute approximate surface area is 118 Å². The lowest BCUT2D eigenvalue weighted by Gasteiger charge is -2.44. The fourth-order valence-corrected chi connectivity index (χ4v) is 2.75. The van der Waals surface area contributed by atoms with E-state index in [9.17, 15) is 9.59 Å². The molecule has 0 aliphatic carbocycles. The van der Waals surface area contributed by atoms with E-state index in [-0.39, 0.29) is 24.4 Å². The van der Waals surface area contributed by atoms with Gasteiger partial charge in [-0.3, -0.25) is 14.5 Å². The Hall–Kier alpha value is -1.88. The molecule has 0 aromatic heterocycles. The van der Waals surface area contributed by atoms with Crippen LogP contribution in [0, 0.1) is 0 Å². The molecular weight excluding hydrogens is 256 g/mol. The SMILES string of the molecule is C[C@H]1[C@H](CC(=O)O)N(C)CCN1C(=O)c1ccccc1. The number of carbonyl (C=O) groups is 2. The Morgan fingerprint density at radius 1 is 1.25 bits per heavy atom. The minimum atomic E-state index is -0.831. The van der Waals surface area contributed by atoms with Crippen LogP contribution in [0.4, 0.5) is 0 Å². The maximum absolute atomic E-state index is 12.5. The van der Waals surface area contributed by atoms with Gasteiger partial charge in [-0.1, -0.05) is 18.2 Å². The van der Waals surface area contributed by atoms with E-state index in [0.29, 0.717) is 18.7 Å². The summed E-state index contributed by atoms with van der Waals surface area (Å²) < 4.78 is 0. The summed E-state index contributed by atoms with van der Waals surface area (Å²) in [6.07, 6.45) is 0.0518. The van der Waals surface area contributed by atoms with E-state index < -0.39 is 5.97 Å². The quantitative estimate of drug-likeness (QED) is 0.904. The number of amides is 1. The van der Waals surface area contributed by atoms with Crippen LogP contribution in [0.15, 0.2) is 30.3 Å². The van der Waals surface area contributed by atoms with Gasteiger partial charge >= 0.3 is 5.97 Å². The average Bonchev–Trinajstić information content (AvgIpc) is 2.43. The van der Waals surface area contributed by atoms with Crippen LogP contribution in [-0.4, -0.2) is 59.0 Å². The summed E-state index contributed by atoms with van der Waals surface area (Å²) in [4.78, 5) is 27.3. The van der Waals surface area contributed by atoms with Crippen LogP contribution in [0.5, 0.6) is 0 Å². The Morgan fingerprint density at radius 2 is 1.90 bits per heavy atom. The number of carbonyl (C=O) groups excluding carboxylic acids is 1. The van der Waals surface area contributed by atoms with Gasteiger partial charge in [-0.2, -0.15) is 0 Å². The van der Waals surface area contributed by atoms with Crippen molar-refractivity contribution >= 4 is 11.9 Å². The van der Waals surface area contributed by atoms with Crippen molar-refractivity contribution in [2.24, 2.45) is 0 Å². The van der Waals surface area contributed by atoms with Gasteiger partial charge in [0, 0.05) is 30.7 Å². The standard InChI is InChI=1S/C15H20N2O3/c1-11-13(10-14(18)19)16(2)8-9-17(11)15(20)12-6-4-3-5-7-12/h3-7,11,13H,8-10H2,1-2H3,(H,18,19)/t11-,13-/m0/s1. The van der Waals surface area contributed by atoms with Gasteiger partial charge in [0.15, 0.2) is 0 Å². The van der Waals surface area contributed by atoms with E-state index in [1.165, 1.54) is 0 Å². The Bertz CT molecular complexity index is 489. The van der Waals surface area contributed by atoms with Gasteiger partial charge in [0.2, 0.25) is 0 Å². The number of rotatable bonds is 3. The molecule has 0 radical (unpaired) electrons. The van der Waals surface area contributed by atoms with E-state index in [1.54, 1.807) is 17.0 Å². The van der Waals surface area contributed by atoms with Gasteiger partial charge in [0.25, 0.3) is 5.91 Å². The molecule has 20 heavy (non-hydrogen) atoms. The van der Waals surface area contributed by atoms with Crippen LogP contribution in [-0.2, 0) is 4.79 Å². The summed E-state index contributed by atoms with van der Waals surface area (Å²) in [6, 6.07) is 8.87. The largest absolute Gasteiger partial charge is 0.481 e. The summed E-state index contributed by atoms with van der Waals surface area (Å²) in [5.74, 6) is -0.857. The number of aliphatic carboxylic acids is 1. The smallest absolute Gasteiger partial charge is 0.305 e. The zero-order valence-electron chi connectivity index (χ0n) is 11.8. The average molecular weight is 276 g/mol. The highest BCUT2D eigenvalue weighted by Crippen LogP contribution is 2.20. The van der Waals surface area contributed by atoms with Gasteiger partial charge in [0.05, 0.1) is 6.42 Å². The van der Waals surface area contributed by atoms with Gasteiger partial charge in [-0.15, -0.1) is 0 Å². The normalized spacial score (nSPS) is 23.6. The molecule has 108 valence electrons. The molecule has 0 bridgehead atoms. The second-order valence-corrected chi connectivity index (χ2v) is 5.25. The predicted molar refractivity (Wildman–Crippen MR) is 75.6 cm³/mol. The fraction of sp³-hybridized carbons (Fsp3) is 0.467. The van der Waals surface area contributed by atoms with Crippen molar-refractivity contribution in [3.05, 3.63) is 35.9 Å². The number of carboxylic acids is 1. The second-order valence-electron chi connectivity index (χ2n) is 5.25. The molecule has 0 saturated carbocycles. The molecule has 1 N–H and O–H groups in total. The van der Waals surface area contributed by atoms with Crippen LogP contribution in [0.2, 0.25) is 0 Å². The number of benzene rings is 1. The van der Waals surface area contributed by atoms with Crippen LogP contribution in [0.3, 0.4) is 0 Å². The number of likely N-dealkylation sites (N-methyl/N-ethyl adjacent to an activating group) is 1. The maximum Gasteiger partial charge on any atom is 0.305 e. The topological polar surface area (TPSA) is 60.9 Å². The molecule has 1 aromatic rings. The van der Waals surface area contributed by atoms with Crippen molar-refractivity contribution in [3.63, 3.8) is 0 Å². The highest BCUT2D eigenvalue weighted by Gasteiger charge is 2.35. The van der Waals surface area contributed by atoms with Crippen molar-refractivity contribution in [3.8, 4) is 0 Å². The van der Waals surface area contributed by atoms with Crippen LogP contribution in [0.25, 0.3) is 0 Å². The first-order chi connectivity index (χ1) is 9.50. The Morgan fingerprint density at radius 3 is 2.50 bits per heavy atom. The van der Waals surface area contributed by atoms with E-state index in [1.807, 2.05) is 37.1 Å². The predicted octanol–water partition coefficient (Wildman–Crippen LogP) is 1.31. The molecular formula is C15H20N2O3. The summed E-state index contributed by atoms with van der Waals surface area (Å²) in [5, 5.41) is 9.01. The van der Waals surface area contributed by atoms with Crippen molar-refractivity contribution in [1.29, 1.82) is 0 Å². The summed E-state index contributed by atoms with van der Waals surface area (Å²) in [7, 11) is 1.91. The molecule has 2 rings (SSSR count). The van der Waals surface area contributed by atoms with Crippen molar-refractivity contribution < 1.29 is 14.7 Å². The molecule has 1 aromatic carbocycles. The summed E-state index contributed by atoms with van der Waals surface area (Å²) in [6.45, 7) is 3.24. The molecule has 5 nitrogen and oxygen atoms in total. The van der Waals surface area contributed by atoms with Gasteiger partial charge in [0.1, 0.15) is 0 Å². The Balaban J connectivity index is 2.16. The molecule has 1 saturated heterocycles. The van der Waals surface area contributed by atoms with Crippen LogP contribution in [0.1, 0.15) is 23.7 Å². The van der Waals surface area contributed by atoms with Gasteiger partial charge in [-0.05, 0) is 26.1 Å². The monoisotopic (exact) mass is 276 g/mol. The van der Waals surface area contributed by atoms with E-state index >= 15 is 0 Å². The lowest BCUT2D eigenvalue weighted by Crippen LogP contribution is -2.59. The Kier molecular flexibility index (Phi) is 4.39. The molecule has 1 fully saturated rings. The summed E-state index contributed by atoms with van der Waals surface area (Å²) >= 11 is 0. The van der Waals surface area contributed by atoms with Crippen molar-refractivity contribution in [2.75, 3.05) is 20.1 Å². The van der Waals surface area contributed by atoms with Gasteiger partial charge < -0.3 is 10.0 Å². The minimum absolute atomic E-state index is 0.0263. The molecule has 1 aliphatic rings. The number of piperazine rings is 1. The number of hydrogen-bond donors (Lipinski definition) is 1. The molecule has 5 heteroatoms. The molecule has 2 atom stereocenters. The lowest BCUT2D eigenvalue weighted by atomic mass is 9.99. The molecule has 1 heterocycles. The van der Waals surface area contributed by atoms with E-state index in [0.717, 1.165) is 0 Å². The third-order valence-corrected chi connectivity index (χ3v) is 3.97. The fourth-order valence-electron chi connectivity index (χ4n) is 2.75. The third kappa shape index (κ3) is 2.99. The highest BCUT2D eigenvalue weighted by atomic mass is 16.4. The zero-order valence-corrected chi connectivity index (χ0v) is 11.8. The first-order valence-corrected chi connectivity index (χ1v) is 6.78. The van der Waals surface area contributed by atoms with Crippen molar-refractivity contribution in [2.45, 2.75) is 25.4 Å². The number of nitrogens with zero attached hydrogens (tertiary/aromatic N) is 2. The van der Waals surface area contributed by atoms with E-state index in [2.05, 4.69) is 0 Å². The van der Waals surface area contributed by atoms with Crippen molar-refractivity contribution in [1.82, 2.24) is 9.80 Å². The van der Waals surface area contributed by atoms with E-state index in [4.69, 9.17) is 5.11 Å². The molecule has 1 aliphatic heterocycles. The second kappa shape index (κ2) is 6.05. The van der Waals surface area contributed by atoms with Crippen LogP contribution < -0.4 is 0 Å². The van der Waals surface area contributed by atoms with Gasteiger partial charge in [-0.25, -0.2) is 0 Å². The molecule has 0 spiro atoms. The first-order valence-electron chi connectivity index (χ1n) is 6.78. The number of carboxylic acid groups (broad SMARTS) is 1. The molecule has 0 unspecified atom stereocenters. The maximum atomic E-state index is 12.5. The minimum Gasteiger partial charge on any atom is -0.481 e. The lowest BCUT2D eigenvalue weighted by molar-refractivity contribution is -0.139. The van der Waals surface area contributed by atoms with Crippen LogP contribution >= 0.6 is 0 Å².